The molecule has 0 fully saturated rings. The lowest BCUT2D eigenvalue weighted by Crippen LogP contribution is -2.20. The largest absolute Gasteiger partial charge is 0.507 e. The summed E-state index contributed by atoms with van der Waals surface area (Å²) >= 11 is 0. The van der Waals surface area contributed by atoms with Gasteiger partial charge in [0.15, 0.2) is 0 Å². The molecule has 0 amide bonds. The molecule has 3 aromatic rings. The first-order chi connectivity index (χ1) is 15.5. The molecule has 0 aliphatic heterocycles. The van der Waals surface area contributed by atoms with Gasteiger partial charge in [-0.25, -0.2) is 0 Å². The third kappa shape index (κ3) is 4.44. The molecule has 172 valence electrons. The Morgan fingerprint density at radius 1 is 0.788 bits per heavy atom. The van der Waals surface area contributed by atoms with Crippen molar-refractivity contribution in [3.63, 3.8) is 0 Å². The predicted octanol–water partition coefficient (Wildman–Crippen LogP) is 7.94. The Labute approximate surface area is 199 Å². The highest BCUT2D eigenvalue weighted by Gasteiger charge is 2.33. The quantitative estimate of drug-likeness (QED) is 0.446. The van der Waals surface area contributed by atoms with Crippen molar-refractivity contribution in [2.75, 3.05) is 7.11 Å². The number of methoxy groups -OCH3 is 1. The molecule has 33 heavy (non-hydrogen) atoms. The van der Waals surface area contributed by atoms with E-state index in [0.29, 0.717) is 5.75 Å². The summed E-state index contributed by atoms with van der Waals surface area (Å²) in [5.74, 6) is 1.63. The van der Waals surface area contributed by atoms with Gasteiger partial charge >= 0.3 is 0 Å². The van der Waals surface area contributed by atoms with Gasteiger partial charge in [-0.3, -0.25) is 0 Å². The van der Waals surface area contributed by atoms with Gasteiger partial charge in [0.05, 0.1) is 7.11 Å². The van der Waals surface area contributed by atoms with Crippen molar-refractivity contribution in [3.05, 3.63) is 100 Å². The highest BCUT2D eigenvalue weighted by Crippen LogP contribution is 2.48. The molecule has 4 rings (SSSR count). The van der Waals surface area contributed by atoms with Crippen LogP contribution in [0.15, 0.2) is 66.7 Å². The average molecular weight is 441 g/mol. The van der Waals surface area contributed by atoms with Crippen molar-refractivity contribution in [1.29, 1.82) is 0 Å². The minimum absolute atomic E-state index is 0.124. The third-order valence-corrected chi connectivity index (χ3v) is 6.78. The van der Waals surface area contributed by atoms with Gasteiger partial charge in [0, 0.05) is 11.8 Å². The second kappa shape index (κ2) is 8.41. The summed E-state index contributed by atoms with van der Waals surface area (Å²) in [5.41, 5.74) is 6.76. The summed E-state index contributed by atoms with van der Waals surface area (Å²) < 4.78 is 5.43. The van der Waals surface area contributed by atoms with Crippen LogP contribution in [0.5, 0.6) is 11.5 Å². The van der Waals surface area contributed by atoms with E-state index in [0.717, 1.165) is 16.9 Å². The molecule has 2 nitrogen and oxygen atoms in total. The van der Waals surface area contributed by atoms with Crippen molar-refractivity contribution in [2.45, 2.75) is 64.2 Å². The molecule has 2 heteroatoms. The van der Waals surface area contributed by atoms with Gasteiger partial charge in [0.1, 0.15) is 11.5 Å². The third-order valence-electron chi connectivity index (χ3n) is 6.78. The molecule has 0 saturated carbocycles. The molecular weight excluding hydrogens is 404 g/mol. The minimum atomic E-state index is -0.173. The number of allylic oxidation sites excluding steroid dienone is 1. The van der Waals surface area contributed by atoms with E-state index in [1.165, 1.54) is 22.3 Å². The smallest absolute Gasteiger partial charge is 0.123 e. The van der Waals surface area contributed by atoms with Crippen LogP contribution in [0, 0.1) is 0 Å². The Kier molecular flexibility index (Phi) is 5.90. The van der Waals surface area contributed by atoms with E-state index in [2.05, 4.69) is 102 Å². The zero-order valence-electron chi connectivity index (χ0n) is 20.9. The zero-order valence-corrected chi connectivity index (χ0v) is 20.9. The summed E-state index contributed by atoms with van der Waals surface area (Å²) in [6, 6.07) is 21.6. The fourth-order valence-corrected chi connectivity index (χ4v) is 4.97. The van der Waals surface area contributed by atoms with Crippen molar-refractivity contribution in [3.8, 4) is 11.5 Å². The molecule has 0 spiro atoms. The van der Waals surface area contributed by atoms with Gasteiger partial charge in [-0.05, 0) is 56.3 Å². The maximum Gasteiger partial charge on any atom is 0.123 e. The van der Waals surface area contributed by atoms with Crippen LogP contribution in [0.3, 0.4) is 0 Å². The SMILES string of the molecule is COc1ccc(C(c2cc(C(C)(C)C)c(O)c(C(C)(C)C)c2)C2C=Cc3ccccc32)cc1. The summed E-state index contributed by atoms with van der Waals surface area (Å²) in [4.78, 5) is 0. The molecule has 1 N–H and O–H groups in total. The van der Waals surface area contributed by atoms with Crippen LogP contribution in [-0.2, 0) is 10.8 Å². The molecule has 2 atom stereocenters. The average Bonchev–Trinajstić information content (AvgIpc) is 3.17. The molecule has 0 bridgehead atoms. The van der Waals surface area contributed by atoms with E-state index in [1.54, 1.807) is 7.11 Å². The molecule has 2 unspecified atom stereocenters. The Morgan fingerprint density at radius 2 is 1.36 bits per heavy atom. The maximum absolute atomic E-state index is 11.3. The number of hydrogen-bond acceptors (Lipinski definition) is 2. The number of hydrogen-bond donors (Lipinski definition) is 1. The molecule has 1 aliphatic rings. The van der Waals surface area contributed by atoms with Gasteiger partial charge in [0.25, 0.3) is 0 Å². The fourth-order valence-electron chi connectivity index (χ4n) is 4.97. The Hall–Kier alpha value is -3.00. The first-order valence-electron chi connectivity index (χ1n) is 11.8. The second-order valence-corrected chi connectivity index (χ2v) is 11.2. The van der Waals surface area contributed by atoms with Crippen LogP contribution >= 0.6 is 0 Å². The van der Waals surface area contributed by atoms with Crippen LogP contribution in [0.2, 0.25) is 0 Å². The Balaban J connectivity index is 1.97. The van der Waals surface area contributed by atoms with Crippen molar-refractivity contribution in [2.24, 2.45) is 0 Å². The van der Waals surface area contributed by atoms with Gasteiger partial charge < -0.3 is 9.84 Å². The molecule has 1 aliphatic carbocycles. The summed E-state index contributed by atoms with van der Waals surface area (Å²) in [6.45, 7) is 13.0. The van der Waals surface area contributed by atoms with E-state index in [1.807, 2.05) is 12.1 Å². The molecular formula is C31H36O2. The van der Waals surface area contributed by atoms with Gasteiger partial charge in [0.2, 0.25) is 0 Å². The lowest BCUT2D eigenvalue weighted by Gasteiger charge is -2.32. The van der Waals surface area contributed by atoms with Crippen molar-refractivity contribution in [1.82, 2.24) is 0 Å². The lowest BCUT2D eigenvalue weighted by atomic mass is 9.73. The lowest BCUT2D eigenvalue weighted by molar-refractivity contribution is 0.414. The number of ether oxygens (including phenoxy) is 1. The first kappa shape index (κ1) is 23.2. The normalized spacial score (nSPS) is 16.5. The van der Waals surface area contributed by atoms with Crippen LogP contribution in [0.1, 0.15) is 86.8 Å². The van der Waals surface area contributed by atoms with E-state index < -0.39 is 0 Å². The number of fused-ring (bicyclic) bond motifs is 1. The number of phenols is 1. The standard InChI is InChI=1S/C31H36O2/c1-30(2,3)26-18-22(19-27(29(26)32)31(4,5)6)28(21-12-15-23(33-7)16-13-21)25-17-14-20-10-8-9-11-24(20)25/h8-19,25,28,32H,1-7H3. The molecule has 0 saturated heterocycles. The topological polar surface area (TPSA) is 29.5 Å². The molecule has 0 radical (unpaired) electrons. The second-order valence-electron chi connectivity index (χ2n) is 11.2. The number of benzene rings is 3. The molecule has 0 aromatic heterocycles. The van der Waals surface area contributed by atoms with Crippen LogP contribution < -0.4 is 4.74 Å². The Morgan fingerprint density at radius 3 is 1.91 bits per heavy atom. The van der Waals surface area contributed by atoms with Crippen LogP contribution in [-0.4, -0.2) is 12.2 Å². The number of aromatic hydroxyl groups is 1. The molecule has 0 heterocycles. The summed E-state index contributed by atoms with van der Waals surface area (Å²) in [5, 5.41) is 11.3. The highest BCUT2D eigenvalue weighted by molar-refractivity contribution is 5.65. The van der Waals surface area contributed by atoms with Gasteiger partial charge in [-0.1, -0.05) is 102 Å². The number of phenolic OH excluding ortho intramolecular Hbond substituents is 1. The zero-order chi connectivity index (χ0) is 24.0. The number of rotatable bonds is 4. The minimum Gasteiger partial charge on any atom is -0.507 e. The van der Waals surface area contributed by atoms with E-state index in [-0.39, 0.29) is 22.7 Å². The first-order valence-corrected chi connectivity index (χ1v) is 11.8. The Bertz CT molecular complexity index is 1140. The van der Waals surface area contributed by atoms with E-state index in [9.17, 15) is 5.11 Å². The maximum atomic E-state index is 11.3. The fraction of sp³-hybridized carbons (Fsp3) is 0.355. The van der Waals surface area contributed by atoms with E-state index in [4.69, 9.17) is 4.74 Å². The van der Waals surface area contributed by atoms with Crippen LogP contribution in [0.25, 0.3) is 6.08 Å². The molecule has 3 aromatic carbocycles. The van der Waals surface area contributed by atoms with Gasteiger partial charge in [-0.15, -0.1) is 0 Å². The van der Waals surface area contributed by atoms with Crippen LogP contribution in [0.4, 0.5) is 0 Å². The van der Waals surface area contributed by atoms with Crippen molar-refractivity contribution < 1.29 is 9.84 Å². The monoisotopic (exact) mass is 440 g/mol. The summed E-state index contributed by atoms with van der Waals surface area (Å²) in [6.07, 6.45) is 4.58. The van der Waals surface area contributed by atoms with Crippen molar-refractivity contribution >= 4 is 6.08 Å². The van der Waals surface area contributed by atoms with Gasteiger partial charge in [-0.2, -0.15) is 0 Å². The highest BCUT2D eigenvalue weighted by atomic mass is 16.5. The predicted molar refractivity (Wildman–Crippen MR) is 139 cm³/mol. The van der Waals surface area contributed by atoms with E-state index >= 15 is 0 Å². The summed E-state index contributed by atoms with van der Waals surface area (Å²) in [7, 11) is 1.70.